The largest absolute Gasteiger partial charge is 0.480 e. The molecule has 33 heavy (non-hydrogen) atoms. The summed E-state index contributed by atoms with van der Waals surface area (Å²) in [4.78, 5) is 70.2. The lowest BCUT2D eigenvalue weighted by Gasteiger charge is -2.21. The molecule has 0 spiro atoms. The number of nitrogens with two attached hydrogens (primary N) is 3. The molecule has 0 saturated heterocycles. The first-order valence-corrected chi connectivity index (χ1v) is 9.96. The van der Waals surface area contributed by atoms with Crippen LogP contribution >= 0.6 is 0 Å². The summed E-state index contributed by atoms with van der Waals surface area (Å²) in [7, 11) is 0. The van der Waals surface area contributed by atoms with Crippen LogP contribution in [0.25, 0.3) is 0 Å². The van der Waals surface area contributed by atoms with Crippen LogP contribution in [0.5, 0.6) is 0 Å². The molecule has 0 fully saturated rings. The van der Waals surface area contributed by atoms with Crippen LogP contribution in [0.1, 0.15) is 24.8 Å². The first kappa shape index (κ1) is 27.0. The Bertz CT molecular complexity index is 877. The molecule has 0 saturated carbocycles. The Balaban J connectivity index is 2.71. The number of rotatable bonds is 14. The number of primary amides is 2. The van der Waals surface area contributed by atoms with Gasteiger partial charge < -0.3 is 38.3 Å². The fourth-order valence-corrected chi connectivity index (χ4v) is 2.71. The summed E-state index contributed by atoms with van der Waals surface area (Å²) in [5.41, 5.74) is 16.3. The van der Waals surface area contributed by atoms with E-state index in [1.54, 1.807) is 30.3 Å². The molecule has 1 aromatic carbocycles. The monoisotopic (exact) mass is 464 g/mol. The maximum atomic E-state index is 12.6. The predicted molar refractivity (Wildman–Crippen MR) is 115 cm³/mol. The van der Waals surface area contributed by atoms with E-state index < -0.39 is 66.6 Å². The Morgan fingerprint density at radius 3 is 2.06 bits per heavy atom. The van der Waals surface area contributed by atoms with Crippen LogP contribution < -0.4 is 33.2 Å². The van der Waals surface area contributed by atoms with Crippen molar-refractivity contribution < 1.29 is 33.9 Å². The van der Waals surface area contributed by atoms with E-state index in [0.717, 1.165) is 0 Å². The quantitative estimate of drug-likeness (QED) is 0.148. The number of carboxylic acids is 1. The number of benzene rings is 1. The second-order valence-electron chi connectivity index (χ2n) is 7.21. The second kappa shape index (κ2) is 13.4. The van der Waals surface area contributed by atoms with E-state index in [0.29, 0.717) is 5.56 Å². The summed E-state index contributed by atoms with van der Waals surface area (Å²) >= 11 is 0. The van der Waals surface area contributed by atoms with Gasteiger partial charge >= 0.3 is 5.97 Å². The molecule has 3 unspecified atom stereocenters. The molecule has 0 radical (unpaired) electrons. The van der Waals surface area contributed by atoms with Gasteiger partial charge in [-0.25, -0.2) is 4.79 Å². The highest BCUT2D eigenvalue weighted by Gasteiger charge is 2.28. The van der Waals surface area contributed by atoms with Gasteiger partial charge in [-0.1, -0.05) is 30.3 Å². The van der Waals surface area contributed by atoms with Crippen LogP contribution in [0.3, 0.4) is 0 Å². The van der Waals surface area contributed by atoms with Crippen LogP contribution in [0.15, 0.2) is 30.3 Å². The second-order valence-corrected chi connectivity index (χ2v) is 7.21. The van der Waals surface area contributed by atoms with Gasteiger partial charge in [0.05, 0.1) is 19.0 Å². The Hall–Kier alpha value is -4.00. The molecule has 0 aliphatic heterocycles. The van der Waals surface area contributed by atoms with Crippen molar-refractivity contribution in [2.24, 2.45) is 17.2 Å². The molecule has 0 bridgehead atoms. The molecule has 0 aliphatic carbocycles. The summed E-state index contributed by atoms with van der Waals surface area (Å²) < 4.78 is 0. The van der Waals surface area contributed by atoms with E-state index in [4.69, 9.17) is 17.2 Å². The lowest BCUT2D eigenvalue weighted by molar-refractivity contribution is -0.142. The molecule has 1 rings (SSSR count). The van der Waals surface area contributed by atoms with E-state index in [9.17, 15) is 33.9 Å². The van der Waals surface area contributed by atoms with Crippen molar-refractivity contribution >= 4 is 35.5 Å². The lowest BCUT2D eigenvalue weighted by atomic mass is 10.1. The van der Waals surface area contributed by atoms with Gasteiger partial charge in [-0.2, -0.15) is 0 Å². The van der Waals surface area contributed by atoms with Crippen molar-refractivity contribution in [3.8, 4) is 0 Å². The van der Waals surface area contributed by atoms with Crippen LogP contribution in [0.4, 0.5) is 0 Å². The van der Waals surface area contributed by atoms with E-state index >= 15 is 0 Å². The highest BCUT2D eigenvalue weighted by molar-refractivity contribution is 5.95. The SMILES string of the molecule is NC(=O)CCC(N)C(=O)NCC(=O)NC(CC(N)=O)C(=O)NC(Cc1ccccc1)C(=O)O. The number of hydrogen-bond acceptors (Lipinski definition) is 7. The Kier molecular flexibility index (Phi) is 11.0. The number of hydrogen-bond donors (Lipinski definition) is 7. The molecular weight excluding hydrogens is 436 g/mol. The van der Waals surface area contributed by atoms with Gasteiger partial charge in [-0.05, 0) is 12.0 Å². The molecule has 0 aromatic heterocycles. The summed E-state index contributed by atoms with van der Waals surface area (Å²) in [6, 6.07) is 4.66. The van der Waals surface area contributed by atoms with E-state index in [-0.39, 0.29) is 19.3 Å². The molecule has 5 amide bonds. The number of aliphatic carboxylic acids is 1. The summed E-state index contributed by atoms with van der Waals surface area (Å²) in [5, 5.41) is 16.1. The predicted octanol–water partition coefficient (Wildman–Crippen LogP) is -3.13. The smallest absolute Gasteiger partial charge is 0.326 e. The minimum atomic E-state index is -1.46. The molecule has 180 valence electrons. The molecule has 13 nitrogen and oxygen atoms in total. The first-order chi connectivity index (χ1) is 15.5. The third-order valence-electron chi connectivity index (χ3n) is 4.42. The normalized spacial score (nSPS) is 13.1. The third kappa shape index (κ3) is 10.7. The standard InChI is InChI=1S/C20H28N6O7/c21-12(6-7-15(22)27)18(30)24-10-17(29)25-13(9-16(23)28)19(31)26-14(20(32)33)8-11-4-2-1-3-5-11/h1-5,12-14H,6-10,21H2,(H2,22,27)(H2,23,28)(H,24,30)(H,25,29)(H,26,31)(H,32,33). The minimum absolute atomic E-state index is 0.0204. The third-order valence-corrected chi connectivity index (χ3v) is 4.42. The number of nitrogens with one attached hydrogen (secondary N) is 3. The van der Waals surface area contributed by atoms with Crippen molar-refractivity contribution in [2.45, 2.75) is 43.8 Å². The van der Waals surface area contributed by atoms with Gasteiger partial charge in [-0.3, -0.25) is 24.0 Å². The number of carboxylic acid groups (broad SMARTS) is 1. The average molecular weight is 464 g/mol. The van der Waals surface area contributed by atoms with Crippen LogP contribution in [-0.2, 0) is 35.2 Å². The summed E-state index contributed by atoms with van der Waals surface area (Å²) in [5.74, 6) is -5.37. The van der Waals surface area contributed by atoms with Crippen molar-refractivity contribution in [2.75, 3.05) is 6.54 Å². The number of amides is 5. The maximum absolute atomic E-state index is 12.6. The highest BCUT2D eigenvalue weighted by atomic mass is 16.4. The van der Waals surface area contributed by atoms with Gasteiger partial charge in [0.2, 0.25) is 29.5 Å². The minimum Gasteiger partial charge on any atom is -0.480 e. The Morgan fingerprint density at radius 1 is 0.879 bits per heavy atom. The first-order valence-electron chi connectivity index (χ1n) is 9.96. The van der Waals surface area contributed by atoms with Crippen molar-refractivity contribution in [1.82, 2.24) is 16.0 Å². The maximum Gasteiger partial charge on any atom is 0.326 e. The molecule has 10 N–H and O–H groups in total. The molecule has 1 aromatic rings. The fourth-order valence-electron chi connectivity index (χ4n) is 2.71. The number of carbonyl (C=O) groups is 6. The van der Waals surface area contributed by atoms with E-state index in [2.05, 4.69) is 16.0 Å². The topological polar surface area (TPSA) is 237 Å². The van der Waals surface area contributed by atoms with Gasteiger partial charge in [0.1, 0.15) is 12.1 Å². The molecule has 13 heteroatoms. The van der Waals surface area contributed by atoms with Crippen LogP contribution in [-0.4, -0.2) is 65.3 Å². The van der Waals surface area contributed by atoms with Gasteiger partial charge in [0.15, 0.2) is 0 Å². The van der Waals surface area contributed by atoms with Crippen LogP contribution in [0, 0.1) is 0 Å². The lowest BCUT2D eigenvalue weighted by Crippen LogP contribution is -2.55. The highest BCUT2D eigenvalue weighted by Crippen LogP contribution is 2.04. The Labute approximate surface area is 189 Å². The fraction of sp³-hybridized carbons (Fsp3) is 0.400. The van der Waals surface area contributed by atoms with Crippen molar-refractivity contribution in [1.29, 1.82) is 0 Å². The zero-order valence-corrected chi connectivity index (χ0v) is 17.8. The van der Waals surface area contributed by atoms with E-state index in [1.165, 1.54) is 0 Å². The zero-order valence-electron chi connectivity index (χ0n) is 17.8. The summed E-state index contributed by atoms with van der Waals surface area (Å²) in [6.07, 6.45) is -0.761. The van der Waals surface area contributed by atoms with Crippen LogP contribution in [0.2, 0.25) is 0 Å². The molecule has 0 aliphatic rings. The summed E-state index contributed by atoms with van der Waals surface area (Å²) in [6.45, 7) is -0.585. The van der Waals surface area contributed by atoms with Crippen molar-refractivity contribution in [3.05, 3.63) is 35.9 Å². The van der Waals surface area contributed by atoms with Gasteiger partial charge in [0, 0.05) is 12.8 Å². The van der Waals surface area contributed by atoms with Crippen molar-refractivity contribution in [3.63, 3.8) is 0 Å². The molecule has 0 heterocycles. The molecular formula is C20H28N6O7. The average Bonchev–Trinajstić information content (AvgIpc) is 2.75. The Morgan fingerprint density at radius 2 is 1.52 bits per heavy atom. The number of carbonyl (C=O) groups excluding carboxylic acids is 5. The van der Waals surface area contributed by atoms with Gasteiger partial charge in [-0.15, -0.1) is 0 Å². The zero-order chi connectivity index (χ0) is 25.0. The van der Waals surface area contributed by atoms with E-state index in [1.807, 2.05) is 0 Å². The van der Waals surface area contributed by atoms with Gasteiger partial charge in [0.25, 0.3) is 0 Å². The molecule has 3 atom stereocenters.